The van der Waals surface area contributed by atoms with E-state index in [0.717, 1.165) is 0 Å². The van der Waals surface area contributed by atoms with Crippen molar-refractivity contribution < 1.29 is 14.0 Å². The van der Waals surface area contributed by atoms with Crippen molar-refractivity contribution in [1.29, 1.82) is 0 Å². The molecule has 0 radical (unpaired) electrons. The van der Waals surface area contributed by atoms with Crippen molar-refractivity contribution in [3.8, 4) is 0 Å². The van der Waals surface area contributed by atoms with Gasteiger partial charge in [-0.3, -0.25) is 9.59 Å². The van der Waals surface area contributed by atoms with Crippen LogP contribution < -0.4 is 5.32 Å². The maximum absolute atomic E-state index is 12.8. The van der Waals surface area contributed by atoms with Crippen LogP contribution in [0, 0.1) is 5.82 Å². The summed E-state index contributed by atoms with van der Waals surface area (Å²) in [6.45, 7) is 0. The molecule has 19 heavy (non-hydrogen) atoms. The minimum Gasteiger partial charge on any atom is -0.355 e. The fraction of sp³-hybridized carbons (Fsp3) is 0.0667. The average Bonchev–Trinajstić information content (AvgIpc) is 2.46. The second-order valence-corrected chi connectivity index (χ2v) is 3.96. The van der Waals surface area contributed by atoms with Crippen molar-refractivity contribution in [2.24, 2.45) is 0 Å². The van der Waals surface area contributed by atoms with E-state index in [0.29, 0.717) is 16.7 Å². The average molecular weight is 257 g/mol. The van der Waals surface area contributed by atoms with E-state index in [4.69, 9.17) is 0 Å². The highest BCUT2D eigenvalue weighted by molar-refractivity contribution is 6.15. The third-order valence-electron chi connectivity index (χ3n) is 2.75. The van der Waals surface area contributed by atoms with E-state index in [1.165, 1.54) is 31.3 Å². The molecule has 0 heterocycles. The zero-order chi connectivity index (χ0) is 13.8. The number of hydrogen-bond acceptors (Lipinski definition) is 2. The monoisotopic (exact) mass is 257 g/mol. The van der Waals surface area contributed by atoms with Crippen molar-refractivity contribution in [2.45, 2.75) is 0 Å². The first-order chi connectivity index (χ1) is 9.13. The van der Waals surface area contributed by atoms with Crippen LogP contribution >= 0.6 is 0 Å². The Hall–Kier alpha value is -2.49. The molecule has 3 nitrogen and oxygen atoms in total. The third kappa shape index (κ3) is 2.68. The maximum atomic E-state index is 12.8. The molecular formula is C15H12FNO2. The summed E-state index contributed by atoms with van der Waals surface area (Å²) >= 11 is 0. The van der Waals surface area contributed by atoms with E-state index in [2.05, 4.69) is 5.32 Å². The van der Waals surface area contributed by atoms with Crippen LogP contribution in [0.5, 0.6) is 0 Å². The lowest BCUT2D eigenvalue weighted by atomic mass is 9.98. The molecule has 0 fully saturated rings. The maximum Gasteiger partial charge on any atom is 0.251 e. The molecule has 0 saturated heterocycles. The van der Waals surface area contributed by atoms with E-state index in [1.54, 1.807) is 24.3 Å². The molecule has 0 spiro atoms. The zero-order valence-corrected chi connectivity index (χ0v) is 10.3. The van der Waals surface area contributed by atoms with E-state index < -0.39 is 5.82 Å². The van der Waals surface area contributed by atoms with Crippen molar-refractivity contribution in [3.63, 3.8) is 0 Å². The second kappa shape index (κ2) is 5.44. The van der Waals surface area contributed by atoms with Gasteiger partial charge in [-0.1, -0.05) is 18.2 Å². The smallest absolute Gasteiger partial charge is 0.251 e. The number of nitrogens with one attached hydrogen (secondary N) is 1. The van der Waals surface area contributed by atoms with Crippen LogP contribution in [0.2, 0.25) is 0 Å². The summed E-state index contributed by atoms with van der Waals surface area (Å²) in [5.74, 6) is -1.04. The standard InChI is InChI=1S/C15H12FNO2/c1-17-15(19)13-5-3-2-4-12(13)14(18)10-6-8-11(16)9-7-10/h2-9H,1H3,(H,17,19). The number of benzene rings is 2. The van der Waals surface area contributed by atoms with Gasteiger partial charge in [-0.2, -0.15) is 0 Å². The molecule has 0 saturated carbocycles. The zero-order valence-electron chi connectivity index (χ0n) is 10.3. The van der Waals surface area contributed by atoms with Crippen LogP contribution in [-0.2, 0) is 0 Å². The number of halogens is 1. The molecule has 0 aliphatic carbocycles. The van der Waals surface area contributed by atoms with Crippen LogP contribution in [0.25, 0.3) is 0 Å². The molecule has 0 aliphatic rings. The number of carbonyl (C=O) groups is 2. The van der Waals surface area contributed by atoms with Gasteiger partial charge in [0, 0.05) is 18.2 Å². The Kier molecular flexibility index (Phi) is 3.71. The van der Waals surface area contributed by atoms with E-state index in [-0.39, 0.29) is 11.7 Å². The molecule has 0 atom stereocenters. The lowest BCUT2D eigenvalue weighted by Crippen LogP contribution is -2.21. The summed E-state index contributed by atoms with van der Waals surface area (Å²) in [4.78, 5) is 24.0. The second-order valence-electron chi connectivity index (χ2n) is 3.96. The lowest BCUT2D eigenvalue weighted by molar-refractivity contribution is 0.0950. The minimum absolute atomic E-state index is 0.299. The molecule has 2 aromatic rings. The number of carbonyl (C=O) groups excluding carboxylic acids is 2. The van der Waals surface area contributed by atoms with Crippen molar-refractivity contribution in [2.75, 3.05) is 7.05 Å². The lowest BCUT2D eigenvalue weighted by Gasteiger charge is -2.07. The summed E-state index contributed by atoms with van der Waals surface area (Å²) in [6.07, 6.45) is 0. The fourth-order valence-electron chi connectivity index (χ4n) is 1.77. The molecule has 1 N–H and O–H groups in total. The highest BCUT2D eigenvalue weighted by atomic mass is 19.1. The first-order valence-corrected chi connectivity index (χ1v) is 5.75. The van der Waals surface area contributed by atoms with Gasteiger partial charge in [0.25, 0.3) is 5.91 Å². The first-order valence-electron chi connectivity index (χ1n) is 5.75. The number of amides is 1. The molecule has 2 aromatic carbocycles. The summed E-state index contributed by atoms with van der Waals surface area (Å²) < 4.78 is 12.8. The highest BCUT2D eigenvalue weighted by Crippen LogP contribution is 2.15. The minimum atomic E-state index is -0.406. The quantitative estimate of drug-likeness (QED) is 0.858. The molecule has 96 valence electrons. The summed E-state index contributed by atoms with van der Waals surface area (Å²) in [6, 6.07) is 11.8. The van der Waals surface area contributed by atoms with Gasteiger partial charge in [0.1, 0.15) is 5.82 Å². The van der Waals surface area contributed by atoms with Crippen LogP contribution in [0.15, 0.2) is 48.5 Å². The summed E-state index contributed by atoms with van der Waals surface area (Å²) in [7, 11) is 1.50. The molecular weight excluding hydrogens is 245 g/mol. The van der Waals surface area contributed by atoms with Crippen molar-refractivity contribution in [3.05, 3.63) is 71.0 Å². The molecule has 1 amide bonds. The van der Waals surface area contributed by atoms with E-state index in [1.807, 2.05) is 0 Å². The fourth-order valence-corrected chi connectivity index (χ4v) is 1.77. The van der Waals surface area contributed by atoms with Gasteiger partial charge in [-0.25, -0.2) is 4.39 Å². The Morgan fingerprint density at radius 3 is 2.11 bits per heavy atom. The van der Waals surface area contributed by atoms with Crippen molar-refractivity contribution in [1.82, 2.24) is 5.32 Å². The van der Waals surface area contributed by atoms with Gasteiger partial charge in [0.05, 0.1) is 5.56 Å². The number of hydrogen-bond donors (Lipinski definition) is 1. The van der Waals surface area contributed by atoms with Crippen LogP contribution in [0.1, 0.15) is 26.3 Å². The van der Waals surface area contributed by atoms with Gasteiger partial charge >= 0.3 is 0 Å². The Bertz CT molecular complexity index is 620. The Morgan fingerprint density at radius 1 is 0.947 bits per heavy atom. The first kappa shape index (κ1) is 13.0. The summed E-state index contributed by atoms with van der Waals surface area (Å²) in [5.41, 5.74) is 0.950. The van der Waals surface area contributed by atoms with Crippen LogP contribution in [0.3, 0.4) is 0 Å². The number of rotatable bonds is 3. The van der Waals surface area contributed by atoms with E-state index in [9.17, 15) is 14.0 Å². The Morgan fingerprint density at radius 2 is 1.53 bits per heavy atom. The van der Waals surface area contributed by atoms with Crippen LogP contribution in [0.4, 0.5) is 4.39 Å². The largest absolute Gasteiger partial charge is 0.355 e. The molecule has 0 unspecified atom stereocenters. The molecule has 2 rings (SSSR count). The molecule has 0 bridgehead atoms. The predicted octanol–water partition coefficient (Wildman–Crippen LogP) is 2.42. The topological polar surface area (TPSA) is 46.2 Å². The Labute approximate surface area is 110 Å². The Balaban J connectivity index is 2.44. The molecule has 4 heteroatoms. The summed E-state index contributed by atoms with van der Waals surface area (Å²) in [5, 5.41) is 2.49. The molecule has 0 aliphatic heterocycles. The molecule has 0 aromatic heterocycles. The predicted molar refractivity (Wildman–Crippen MR) is 69.7 cm³/mol. The normalized spacial score (nSPS) is 10.0. The van der Waals surface area contributed by atoms with Gasteiger partial charge in [0.15, 0.2) is 5.78 Å². The van der Waals surface area contributed by atoms with Gasteiger partial charge < -0.3 is 5.32 Å². The highest BCUT2D eigenvalue weighted by Gasteiger charge is 2.16. The van der Waals surface area contributed by atoms with Crippen LogP contribution in [-0.4, -0.2) is 18.7 Å². The number of ketones is 1. The van der Waals surface area contributed by atoms with Crippen molar-refractivity contribution >= 4 is 11.7 Å². The SMILES string of the molecule is CNC(=O)c1ccccc1C(=O)c1ccc(F)cc1. The van der Waals surface area contributed by atoms with Gasteiger partial charge in [-0.15, -0.1) is 0 Å². The third-order valence-corrected chi connectivity index (χ3v) is 2.75. The van der Waals surface area contributed by atoms with Gasteiger partial charge in [0.2, 0.25) is 0 Å². The van der Waals surface area contributed by atoms with E-state index >= 15 is 0 Å². The van der Waals surface area contributed by atoms with Gasteiger partial charge in [-0.05, 0) is 30.3 Å².